The Morgan fingerprint density at radius 2 is 1.90 bits per heavy atom. The maximum Gasteiger partial charge on any atom is 0.239 e. The lowest BCUT2D eigenvalue weighted by Gasteiger charge is -2.33. The summed E-state index contributed by atoms with van der Waals surface area (Å²) in [5.74, 6) is 1.01. The molecule has 1 aromatic carbocycles. The zero-order valence-corrected chi connectivity index (χ0v) is 13.6. The van der Waals surface area contributed by atoms with Gasteiger partial charge in [0.05, 0.1) is 6.04 Å². The molecule has 1 N–H and O–H groups in total. The van der Waals surface area contributed by atoms with Crippen LogP contribution in [-0.2, 0) is 11.2 Å². The number of rotatable bonds is 5. The Morgan fingerprint density at radius 1 is 1.29 bits per heavy atom. The van der Waals surface area contributed by atoms with Crippen molar-refractivity contribution in [2.24, 2.45) is 5.92 Å². The molecule has 3 heteroatoms. The Balaban J connectivity index is 1.74. The number of benzene rings is 1. The number of likely N-dealkylation sites (N-methyl/N-ethyl adjacent to an activating group) is 1. The van der Waals surface area contributed by atoms with E-state index in [1.807, 2.05) is 18.9 Å². The van der Waals surface area contributed by atoms with Gasteiger partial charge in [-0.05, 0) is 58.1 Å². The molecule has 1 aliphatic rings. The molecule has 1 saturated heterocycles. The molecule has 0 saturated carbocycles. The van der Waals surface area contributed by atoms with Crippen LogP contribution in [0.5, 0.6) is 0 Å². The fourth-order valence-electron chi connectivity index (χ4n) is 2.96. The van der Waals surface area contributed by atoms with Crippen molar-refractivity contribution in [3.8, 4) is 0 Å². The molecule has 0 radical (unpaired) electrons. The van der Waals surface area contributed by atoms with Crippen molar-refractivity contribution in [2.75, 3.05) is 20.1 Å². The van der Waals surface area contributed by atoms with Crippen molar-refractivity contribution < 1.29 is 4.79 Å². The van der Waals surface area contributed by atoms with E-state index in [1.54, 1.807) is 0 Å². The molecule has 1 unspecified atom stereocenters. The number of hydrogen-bond donors (Lipinski definition) is 1. The molecule has 1 aliphatic heterocycles. The van der Waals surface area contributed by atoms with Gasteiger partial charge < -0.3 is 10.2 Å². The van der Waals surface area contributed by atoms with Crippen LogP contribution in [0, 0.1) is 12.8 Å². The van der Waals surface area contributed by atoms with Gasteiger partial charge in [-0.15, -0.1) is 0 Å². The Hall–Kier alpha value is -1.35. The highest BCUT2D eigenvalue weighted by atomic mass is 16.2. The number of likely N-dealkylation sites (tertiary alicyclic amines) is 1. The number of hydrogen-bond acceptors (Lipinski definition) is 2. The van der Waals surface area contributed by atoms with Crippen LogP contribution in [0.2, 0.25) is 0 Å². The number of carbonyl (C=O) groups excluding carboxylic acids is 1. The number of carbonyl (C=O) groups is 1. The standard InChI is InChI=1S/C18H28N2O/c1-14-4-6-16(7-5-14)8-9-17-10-12-20(13-11-17)18(21)15(2)19-3/h4-7,15,17,19H,8-13H2,1-3H3. The minimum absolute atomic E-state index is 0.0610. The summed E-state index contributed by atoms with van der Waals surface area (Å²) in [4.78, 5) is 14.1. The van der Waals surface area contributed by atoms with E-state index in [2.05, 4.69) is 36.5 Å². The fourth-order valence-corrected chi connectivity index (χ4v) is 2.96. The summed E-state index contributed by atoms with van der Waals surface area (Å²) in [6.45, 7) is 5.90. The third-order valence-electron chi connectivity index (χ3n) is 4.69. The summed E-state index contributed by atoms with van der Waals surface area (Å²) < 4.78 is 0. The first-order chi connectivity index (χ1) is 10.1. The molecule has 1 aromatic rings. The van der Waals surface area contributed by atoms with Gasteiger partial charge in [-0.3, -0.25) is 4.79 Å². The molecule has 1 amide bonds. The molecule has 3 nitrogen and oxygen atoms in total. The zero-order chi connectivity index (χ0) is 15.2. The molecule has 21 heavy (non-hydrogen) atoms. The monoisotopic (exact) mass is 288 g/mol. The zero-order valence-electron chi connectivity index (χ0n) is 13.6. The maximum atomic E-state index is 12.1. The molecule has 0 aliphatic carbocycles. The predicted molar refractivity (Wildman–Crippen MR) is 87.3 cm³/mol. The fraction of sp³-hybridized carbons (Fsp3) is 0.611. The predicted octanol–water partition coefficient (Wildman–Crippen LogP) is 2.77. The molecular formula is C18H28N2O. The first-order valence-electron chi connectivity index (χ1n) is 8.11. The largest absolute Gasteiger partial charge is 0.341 e. The van der Waals surface area contributed by atoms with Crippen LogP contribution in [0.1, 0.15) is 37.3 Å². The van der Waals surface area contributed by atoms with E-state index in [9.17, 15) is 4.79 Å². The summed E-state index contributed by atoms with van der Waals surface area (Å²) in [7, 11) is 1.84. The van der Waals surface area contributed by atoms with Gasteiger partial charge in [0.1, 0.15) is 0 Å². The Bertz CT molecular complexity index is 447. The molecule has 116 valence electrons. The Labute approximate surface area is 128 Å². The van der Waals surface area contributed by atoms with Crippen molar-refractivity contribution in [3.05, 3.63) is 35.4 Å². The van der Waals surface area contributed by atoms with Crippen LogP contribution >= 0.6 is 0 Å². The number of piperidine rings is 1. The molecule has 0 aromatic heterocycles. The van der Waals surface area contributed by atoms with E-state index in [4.69, 9.17) is 0 Å². The highest BCUT2D eigenvalue weighted by molar-refractivity contribution is 5.81. The number of nitrogens with zero attached hydrogens (tertiary/aromatic N) is 1. The smallest absolute Gasteiger partial charge is 0.239 e. The Morgan fingerprint density at radius 3 is 2.48 bits per heavy atom. The highest BCUT2D eigenvalue weighted by Gasteiger charge is 2.24. The summed E-state index contributed by atoms with van der Waals surface area (Å²) in [5, 5.41) is 3.03. The van der Waals surface area contributed by atoms with Gasteiger partial charge in [0, 0.05) is 13.1 Å². The Kier molecular flexibility index (Phi) is 5.80. The van der Waals surface area contributed by atoms with Crippen LogP contribution in [-0.4, -0.2) is 37.0 Å². The van der Waals surface area contributed by atoms with Gasteiger partial charge in [0.25, 0.3) is 0 Å². The summed E-state index contributed by atoms with van der Waals surface area (Å²) >= 11 is 0. The minimum Gasteiger partial charge on any atom is -0.341 e. The molecule has 0 spiro atoms. The van der Waals surface area contributed by atoms with Crippen molar-refractivity contribution in [1.82, 2.24) is 10.2 Å². The second-order valence-corrected chi connectivity index (χ2v) is 6.30. The highest BCUT2D eigenvalue weighted by Crippen LogP contribution is 2.23. The first kappa shape index (κ1) is 16.0. The molecular weight excluding hydrogens is 260 g/mol. The maximum absolute atomic E-state index is 12.1. The van der Waals surface area contributed by atoms with Crippen molar-refractivity contribution in [1.29, 1.82) is 0 Å². The molecule has 1 atom stereocenters. The van der Waals surface area contributed by atoms with Crippen molar-refractivity contribution >= 4 is 5.91 Å². The van der Waals surface area contributed by atoms with Crippen LogP contribution in [0.3, 0.4) is 0 Å². The third-order valence-corrected chi connectivity index (χ3v) is 4.69. The molecule has 1 heterocycles. The molecule has 2 rings (SSSR count). The lowest BCUT2D eigenvalue weighted by Crippen LogP contribution is -2.47. The quantitative estimate of drug-likeness (QED) is 0.903. The number of nitrogens with one attached hydrogen (secondary N) is 1. The van der Waals surface area contributed by atoms with Gasteiger partial charge in [0.2, 0.25) is 5.91 Å². The van der Waals surface area contributed by atoms with E-state index in [0.29, 0.717) is 0 Å². The number of aryl methyl sites for hydroxylation is 2. The molecule has 1 fully saturated rings. The minimum atomic E-state index is -0.0610. The SMILES string of the molecule is CNC(C)C(=O)N1CCC(CCc2ccc(C)cc2)CC1. The summed E-state index contributed by atoms with van der Waals surface area (Å²) in [5.41, 5.74) is 2.76. The van der Waals surface area contributed by atoms with Crippen molar-refractivity contribution in [3.63, 3.8) is 0 Å². The van der Waals surface area contributed by atoms with Crippen LogP contribution < -0.4 is 5.32 Å². The topological polar surface area (TPSA) is 32.3 Å². The van der Waals surface area contributed by atoms with Crippen molar-refractivity contribution in [2.45, 2.75) is 45.6 Å². The lowest BCUT2D eigenvalue weighted by molar-refractivity contribution is -0.134. The summed E-state index contributed by atoms with van der Waals surface area (Å²) in [6.07, 6.45) is 4.69. The lowest BCUT2D eigenvalue weighted by atomic mass is 9.90. The van der Waals surface area contributed by atoms with Crippen LogP contribution in [0.25, 0.3) is 0 Å². The molecule has 0 bridgehead atoms. The average Bonchev–Trinajstić information content (AvgIpc) is 2.53. The van der Waals surface area contributed by atoms with Gasteiger partial charge in [-0.25, -0.2) is 0 Å². The van der Waals surface area contributed by atoms with E-state index in [-0.39, 0.29) is 11.9 Å². The van der Waals surface area contributed by atoms with E-state index >= 15 is 0 Å². The van der Waals surface area contributed by atoms with Crippen LogP contribution in [0.4, 0.5) is 0 Å². The number of amides is 1. The van der Waals surface area contributed by atoms with Gasteiger partial charge in [-0.2, -0.15) is 0 Å². The third kappa shape index (κ3) is 4.57. The second-order valence-electron chi connectivity index (χ2n) is 6.30. The van der Waals surface area contributed by atoms with E-state index in [1.165, 1.54) is 17.5 Å². The van der Waals surface area contributed by atoms with Gasteiger partial charge in [0.15, 0.2) is 0 Å². The first-order valence-corrected chi connectivity index (χ1v) is 8.11. The summed E-state index contributed by atoms with van der Waals surface area (Å²) in [6, 6.07) is 8.80. The van der Waals surface area contributed by atoms with Gasteiger partial charge in [-0.1, -0.05) is 29.8 Å². The average molecular weight is 288 g/mol. The second kappa shape index (κ2) is 7.60. The normalized spacial score (nSPS) is 17.8. The van der Waals surface area contributed by atoms with Gasteiger partial charge >= 0.3 is 0 Å². The van der Waals surface area contributed by atoms with E-state index < -0.39 is 0 Å². The van der Waals surface area contributed by atoms with Crippen LogP contribution in [0.15, 0.2) is 24.3 Å². The van der Waals surface area contributed by atoms with E-state index in [0.717, 1.165) is 38.3 Å².